The summed E-state index contributed by atoms with van der Waals surface area (Å²) in [5.74, 6) is -4.23. The number of benzene rings is 3. The summed E-state index contributed by atoms with van der Waals surface area (Å²) < 4.78 is 59.4. The minimum Gasteiger partial charge on any atom is -0.462 e. The molecule has 4 rings (SSSR count). The number of alkyl halides is 3. The van der Waals surface area contributed by atoms with Crippen molar-refractivity contribution in [1.29, 1.82) is 0 Å². The first kappa shape index (κ1) is 32.6. The number of nitrogens with zero attached hydrogens (tertiary/aromatic N) is 2. The van der Waals surface area contributed by atoms with Gasteiger partial charge in [0.2, 0.25) is 0 Å². The number of carbonyl (C=O) groups excluding carboxylic acids is 3. The van der Waals surface area contributed by atoms with Gasteiger partial charge in [-0.1, -0.05) is 43.0 Å². The SMILES string of the molecule is C=C(C(=O)OCC)/C(N)=C1/C(=Nc2ccccc2)N(CC)C(=O)C(NC(=O)c2cccc(C(F)(F)F)c2)C1c1ccc(F)cc1. The molecule has 1 heterocycles. The number of esters is 1. The second-order valence-electron chi connectivity index (χ2n) is 9.94. The number of amidine groups is 1. The molecule has 0 saturated carbocycles. The number of carbonyl (C=O) groups is 3. The third kappa shape index (κ3) is 7.11. The maximum absolute atomic E-state index is 14.2. The summed E-state index contributed by atoms with van der Waals surface area (Å²) in [7, 11) is 0. The third-order valence-electron chi connectivity index (χ3n) is 7.09. The molecule has 1 saturated heterocycles. The Morgan fingerprint density at radius 1 is 1.02 bits per heavy atom. The number of likely N-dealkylation sites (N-methyl/N-ethyl adjacent to an activating group) is 1. The van der Waals surface area contributed by atoms with E-state index in [9.17, 15) is 31.9 Å². The smallest absolute Gasteiger partial charge is 0.416 e. The highest BCUT2D eigenvalue weighted by atomic mass is 19.4. The second kappa shape index (κ2) is 13.6. The first-order valence-corrected chi connectivity index (χ1v) is 13.9. The number of ether oxygens (including phenoxy) is 1. The fraction of sp³-hybridized carbons (Fsp3) is 0.212. The van der Waals surface area contributed by atoms with Gasteiger partial charge in [-0.05, 0) is 61.9 Å². The van der Waals surface area contributed by atoms with E-state index in [0.29, 0.717) is 17.3 Å². The average Bonchev–Trinajstić information content (AvgIpc) is 3.02. The predicted molar refractivity (Wildman–Crippen MR) is 160 cm³/mol. The van der Waals surface area contributed by atoms with E-state index in [1.165, 1.54) is 23.1 Å². The van der Waals surface area contributed by atoms with Crippen molar-refractivity contribution < 1.29 is 36.7 Å². The topological polar surface area (TPSA) is 114 Å². The molecule has 0 radical (unpaired) electrons. The standard InChI is InChI=1S/C33H30F4N4O4/c1-4-41-29(39-24-12-7-6-8-13-24)26(27(38)19(3)32(44)45-5-2)25(20-14-16-23(34)17-15-20)28(31(41)43)40-30(42)21-10-9-11-22(18-21)33(35,36)37/h6-18,25,28H,3-5,38H2,1-2H3,(H,40,42)/b27-26-,39-29?. The maximum Gasteiger partial charge on any atom is 0.416 e. The van der Waals surface area contributed by atoms with E-state index in [-0.39, 0.29) is 41.4 Å². The van der Waals surface area contributed by atoms with Crippen LogP contribution in [-0.2, 0) is 20.5 Å². The summed E-state index contributed by atoms with van der Waals surface area (Å²) in [6, 6.07) is 15.9. The highest BCUT2D eigenvalue weighted by Crippen LogP contribution is 2.39. The molecule has 8 nitrogen and oxygen atoms in total. The van der Waals surface area contributed by atoms with Crippen LogP contribution in [0.1, 0.15) is 41.3 Å². The van der Waals surface area contributed by atoms with Gasteiger partial charge in [0.05, 0.1) is 29.1 Å². The predicted octanol–water partition coefficient (Wildman–Crippen LogP) is 5.65. The molecule has 0 bridgehead atoms. The fourth-order valence-electron chi connectivity index (χ4n) is 4.93. The summed E-state index contributed by atoms with van der Waals surface area (Å²) in [5.41, 5.74) is 5.56. The quantitative estimate of drug-likeness (QED) is 0.192. The van der Waals surface area contributed by atoms with Gasteiger partial charge < -0.3 is 15.8 Å². The van der Waals surface area contributed by atoms with Crippen molar-refractivity contribution in [3.05, 3.63) is 125 Å². The molecule has 0 aliphatic carbocycles. The van der Waals surface area contributed by atoms with Gasteiger partial charge >= 0.3 is 12.1 Å². The average molecular weight is 623 g/mol. The summed E-state index contributed by atoms with van der Waals surface area (Å²) in [5, 5.41) is 2.57. The number of hydrogen-bond acceptors (Lipinski definition) is 6. The highest BCUT2D eigenvalue weighted by molar-refractivity contribution is 6.16. The van der Waals surface area contributed by atoms with E-state index in [2.05, 4.69) is 11.9 Å². The number of amides is 2. The second-order valence-corrected chi connectivity index (χ2v) is 9.94. The molecular weight excluding hydrogens is 592 g/mol. The third-order valence-corrected chi connectivity index (χ3v) is 7.09. The van der Waals surface area contributed by atoms with Crippen molar-refractivity contribution in [2.45, 2.75) is 32.0 Å². The van der Waals surface area contributed by atoms with Crippen LogP contribution < -0.4 is 11.1 Å². The van der Waals surface area contributed by atoms with Crippen LogP contribution in [0.25, 0.3) is 0 Å². The number of nitrogens with two attached hydrogens (primary N) is 1. The lowest BCUT2D eigenvalue weighted by atomic mass is 9.78. The van der Waals surface area contributed by atoms with Crippen LogP contribution in [0, 0.1) is 5.82 Å². The van der Waals surface area contributed by atoms with Crippen LogP contribution in [0.3, 0.4) is 0 Å². The summed E-state index contributed by atoms with van der Waals surface area (Å²) in [4.78, 5) is 46.4. The van der Waals surface area contributed by atoms with E-state index in [0.717, 1.165) is 24.3 Å². The molecule has 3 N–H and O–H groups in total. The number of nitrogens with one attached hydrogen (secondary N) is 1. The molecule has 12 heteroatoms. The first-order valence-electron chi connectivity index (χ1n) is 13.9. The van der Waals surface area contributed by atoms with Crippen LogP contribution in [-0.4, -0.2) is 47.7 Å². The number of halogens is 4. The molecule has 2 atom stereocenters. The van der Waals surface area contributed by atoms with Gasteiger partial charge in [0.25, 0.3) is 11.8 Å². The Kier molecular flexibility index (Phi) is 9.85. The van der Waals surface area contributed by atoms with Gasteiger partial charge in [0.1, 0.15) is 17.7 Å². The van der Waals surface area contributed by atoms with Gasteiger partial charge in [-0.3, -0.25) is 14.5 Å². The number of rotatable bonds is 8. The van der Waals surface area contributed by atoms with Crippen molar-refractivity contribution in [2.75, 3.05) is 13.2 Å². The van der Waals surface area contributed by atoms with Crippen molar-refractivity contribution in [3.8, 4) is 0 Å². The van der Waals surface area contributed by atoms with Crippen molar-refractivity contribution >= 4 is 29.3 Å². The molecule has 234 valence electrons. The van der Waals surface area contributed by atoms with E-state index >= 15 is 0 Å². The molecule has 0 aromatic heterocycles. The largest absolute Gasteiger partial charge is 0.462 e. The zero-order valence-corrected chi connectivity index (χ0v) is 24.4. The van der Waals surface area contributed by atoms with Gasteiger partial charge in [0, 0.05) is 23.6 Å². The van der Waals surface area contributed by atoms with E-state index < -0.39 is 47.3 Å². The zero-order chi connectivity index (χ0) is 32.9. The molecule has 3 aromatic rings. The molecule has 1 aliphatic rings. The molecule has 0 spiro atoms. The Labute approximate surface area is 256 Å². The molecule has 2 amide bonds. The van der Waals surface area contributed by atoms with Gasteiger partial charge in [-0.2, -0.15) is 13.2 Å². The maximum atomic E-state index is 14.2. The number of hydrogen-bond donors (Lipinski definition) is 2. The highest BCUT2D eigenvalue weighted by Gasteiger charge is 2.46. The molecule has 2 unspecified atom stereocenters. The van der Waals surface area contributed by atoms with Crippen LogP contribution in [0.5, 0.6) is 0 Å². The molecule has 3 aromatic carbocycles. The van der Waals surface area contributed by atoms with Crippen LogP contribution in [0.15, 0.2) is 107 Å². The molecule has 1 fully saturated rings. The van der Waals surface area contributed by atoms with Crippen LogP contribution >= 0.6 is 0 Å². The monoisotopic (exact) mass is 622 g/mol. The zero-order valence-electron chi connectivity index (χ0n) is 24.4. The first-order chi connectivity index (χ1) is 21.4. The number of piperidine rings is 1. The Morgan fingerprint density at radius 3 is 2.29 bits per heavy atom. The van der Waals surface area contributed by atoms with E-state index in [4.69, 9.17) is 15.5 Å². The van der Waals surface area contributed by atoms with Gasteiger partial charge in [0.15, 0.2) is 0 Å². The number of aliphatic imine (C=N–C) groups is 1. The van der Waals surface area contributed by atoms with Gasteiger partial charge in [-0.15, -0.1) is 0 Å². The van der Waals surface area contributed by atoms with Gasteiger partial charge in [-0.25, -0.2) is 14.2 Å². The van der Waals surface area contributed by atoms with E-state index in [1.54, 1.807) is 44.2 Å². The Hall–Kier alpha value is -5.26. The number of para-hydroxylation sites is 1. The number of likely N-dealkylation sites (tertiary alicyclic amines) is 1. The van der Waals surface area contributed by atoms with Crippen LogP contribution in [0.4, 0.5) is 23.2 Å². The minimum absolute atomic E-state index is 0.0159. The summed E-state index contributed by atoms with van der Waals surface area (Å²) >= 11 is 0. The normalized spacial score (nSPS) is 18.8. The Morgan fingerprint density at radius 2 is 1.69 bits per heavy atom. The lowest BCUT2D eigenvalue weighted by Crippen LogP contribution is -2.59. The molecule has 1 aliphatic heterocycles. The van der Waals surface area contributed by atoms with Crippen molar-refractivity contribution in [3.63, 3.8) is 0 Å². The molecular formula is C33H30F4N4O4. The fourth-order valence-corrected chi connectivity index (χ4v) is 4.93. The summed E-state index contributed by atoms with van der Waals surface area (Å²) in [6.07, 6.45) is -4.72. The Bertz CT molecular complexity index is 1670. The van der Waals surface area contributed by atoms with E-state index in [1.807, 2.05) is 0 Å². The van der Waals surface area contributed by atoms with Crippen molar-refractivity contribution in [2.24, 2.45) is 10.7 Å². The lowest BCUT2D eigenvalue weighted by Gasteiger charge is -2.41. The molecule has 45 heavy (non-hydrogen) atoms. The van der Waals surface area contributed by atoms with Crippen molar-refractivity contribution in [1.82, 2.24) is 10.2 Å². The summed E-state index contributed by atoms with van der Waals surface area (Å²) in [6.45, 7) is 7.08. The Balaban J connectivity index is 1.97. The van der Waals surface area contributed by atoms with Crippen LogP contribution in [0.2, 0.25) is 0 Å². The lowest BCUT2D eigenvalue weighted by molar-refractivity contribution is -0.138. The minimum atomic E-state index is -4.72.